The van der Waals surface area contributed by atoms with Crippen LogP contribution in [0.2, 0.25) is 0 Å². The Morgan fingerprint density at radius 2 is 1.89 bits per heavy atom. The summed E-state index contributed by atoms with van der Waals surface area (Å²) in [6.45, 7) is 2.18. The van der Waals surface area contributed by atoms with Gasteiger partial charge >= 0.3 is 0 Å². The third-order valence-corrected chi connectivity index (χ3v) is 4.06. The predicted molar refractivity (Wildman–Crippen MR) is 71.1 cm³/mol. The molecule has 2 rings (SSSR count). The topological polar surface area (TPSA) is 38.7 Å². The Labute approximate surface area is 109 Å². The van der Waals surface area contributed by atoms with Crippen LogP contribution in [0.5, 0.6) is 11.5 Å². The Hall–Kier alpha value is -1.22. The van der Waals surface area contributed by atoms with Crippen molar-refractivity contribution in [1.82, 2.24) is 0 Å². The Morgan fingerprint density at radius 3 is 2.33 bits per heavy atom. The summed E-state index contributed by atoms with van der Waals surface area (Å²) in [6.07, 6.45) is 3.75. The van der Waals surface area contributed by atoms with Gasteiger partial charge in [-0.05, 0) is 37.3 Å². The van der Waals surface area contributed by atoms with Crippen LogP contribution in [0.3, 0.4) is 0 Å². The summed E-state index contributed by atoms with van der Waals surface area (Å²) in [4.78, 5) is 0. The number of hydrogen-bond donors (Lipinski definition) is 1. The number of ether oxygens (including phenoxy) is 2. The van der Waals surface area contributed by atoms with Crippen molar-refractivity contribution in [3.8, 4) is 11.5 Å². The molecule has 1 aliphatic carbocycles. The molecule has 1 N–H and O–H groups in total. The second-order valence-corrected chi connectivity index (χ2v) is 5.09. The van der Waals surface area contributed by atoms with E-state index in [1.54, 1.807) is 14.2 Å². The fourth-order valence-corrected chi connectivity index (χ4v) is 3.01. The summed E-state index contributed by atoms with van der Waals surface area (Å²) in [6, 6.07) is 5.65. The highest BCUT2D eigenvalue weighted by atomic mass is 16.5. The molecule has 0 radical (unpaired) electrons. The molecule has 2 unspecified atom stereocenters. The zero-order chi connectivity index (χ0) is 13.2. The summed E-state index contributed by atoms with van der Waals surface area (Å²) in [5, 5.41) is 10.9. The standard InChI is InChI=1S/C15H22O3/c1-4-11-8-9-15(16,10-11)14-12(17-2)6-5-7-13(14)18-3/h5-7,11,16H,4,8-10H2,1-3H3. The minimum Gasteiger partial charge on any atom is -0.496 e. The molecule has 0 saturated heterocycles. The Balaban J connectivity index is 2.43. The van der Waals surface area contributed by atoms with Crippen molar-refractivity contribution in [2.45, 2.75) is 38.2 Å². The molecule has 0 heterocycles. The molecule has 18 heavy (non-hydrogen) atoms. The first-order valence-corrected chi connectivity index (χ1v) is 6.58. The van der Waals surface area contributed by atoms with Crippen LogP contribution in [0, 0.1) is 5.92 Å². The summed E-state index contributed by atoms with van der Waals surface area (Å²) < 4.78 is 10.8. The monoisotopic (exact) mass is 250 g/mol. The molecule has 100 valence electrons. The van der Waals surface area contributed by atoms with Gasteiger partial charge in [-0.25, -0.2) is 0 Å². The van der Waals surface area contributed by atoms with Gasteiger partial charge in [-0.3, -0.25) is 0 Å². The molecular weight excluding hydrogens is 228 g/mol. The van der Waals surface area contributed by atoms with E-state index in [0.29, 0.717) is 17.4 Å². The molecule has 3 heteroatoms. The van der Waals surface area contributed by atoms with Crippen LogP contribution in [0.15, 0.2) is 18.2 Å². The number of rotatable bonds is 4. The normalized spacial score (nSPS) is 27.2. The lowest BCUT2D eigenvalue weighted by molar-refractivity contribution is 0.0348. The molecule has 2 atom stereocenters. The first kappa shape index (κ1) is 13.2. The zero-order valence-electron chi connectivity index (χ0n) is 11.4. The quantitative estimate of drug-likeness (QED) is 0.892. The van der Waals surface area contributed by atoms with Crippen molar-refractivity contribution < 1.29 is 14.6 Å². The third kappa shape index (κ3) is 2.19. The van der Waals surface area contributed by atoms with Crippen molar-refractivity contribution >= 4 is 0 Å². The van der Waals surface area contributed by atoms with E-state index in [1.807, 2.05) is 18.2 Å². The maximum atomic E-state index is 10.9. The first-order valence-electron chi connectivity index (χ1n) is 6.58. The molecule has 0 spiro atoms. The van der Waals surface area contributed by atoms with E-state index < -0.39 is 5.60 Å². The summed E-state index contributed by atoms with van der Waals surface area (Å²) in [5.74, 6) is 2.02. The molecular formula is C15H22O3. The number of hydrogen-bond acceptors (Lipinski definition) is 3. The minimum atomic E-state index is -0.807. The van der Waals surface area contributed by atoms with Crippen molar-refractivity contribution in [2.24, 2.45) is 5.92 Å². The summed E-state index contributed by atoms with van der Waals surface area (Å²) >= 11 is 0. The van der Waals surface area contributed by atoms with Gasteiger partial charge in [0, 0.05) is 0 Å². The van der Waals surface area contributed by atoms with Crippen LogP contribution in [-0.2, 0) is 5.60 Å². The van der Waals surface area contributed by atoms with Crippen LogP contribution in [0.25, 0.3) is 0 Å². The Bertz CT molecular complexity index is 394. The zero-order valence-corrected chi connectivity index (χ0v) is 11.4. The molecule has 3 nitrogen and oxygen atoms in total. The molecule has 0 amide bonds. The highest BCUT2D eigenvalue weighted by molar-refractivity contribution is 5.49. The fraction of sp³-hybridized carbons (Fsp3) is 0.600. The Kier molecular flexibility index (Phi) is 3.81. The van der Waals surface area contributed by atoms with Crippen LogP contribution in [0.4, 0.5) is 0 Å². The van der Waals surface area contributed by atoms with Gasteiger partial charge in [-0.15, -0.1) is 0 Å². The largest absolute Gasteiger partial charge is 0.496 e. The van der Waals surface area contributed by atoms with E-state index in [0.717, 1.165) is 31.2 Å². The molecule has 0 aromatic heterocycles. The van der Waals surface area contributed by atoms with Crippen LogP contribution in [0.1, 0.15) is 38.2 Å². The molecule has 1 aliphatic rings. The minimum absolute atomic E-state index is 0.588. The van der Waals surface area contributed by atoms with Crippen molar-refractivity contribution in [3.63, 3.8) is 0 Å². The van der Waals surface area contributed by atoms with Crippen LogP contribution >= 0.6 is 0 Å². The average molecular weight is 250 g/mol. The molecule has 1 saturated carbocycles. The molecule has 1 fully saturated rings. The van der Waals surface area contributed by atoms with E-state index in [-0.39, 0.29) is 0 Å². The van der Waals surface area contributed by atoms with E-state index in [1.165, 1.54) is 0 Å². The van der Waals surface area contributed by atoms with Crippen molar-refractivity contribution in [3.05, 3.63) is 23.8 Å². The number of benzene rings is 1. The summed E-state index contributed by atoms with van der Waals surface area (Å²) in [5.41, 5.74) is 0.00414. The maximum absolute atomic E-state index is 10.9. The van der Waals surface area contributed by atoms with Gasteiger partial charge in [0.25, 0.3) is 0 Å². The molecule has 0 bridgehead atoms. The van der Waals surface area contributed by atoms with E-state index in [4.69, 9.17) is 9.47 Å². The summed E-state index contributed by atoms with van der Waals surface area (Å²) in [7, 11) is 3.27. The second kappa shape index (κ2) is 5.19. The van der Waals surface area contributed by atoms with Crippen molar-refractivity contribution in [2.75, 3.05) is 14.2 Å². The highest BCUT2D eigenvalue weighted by Gasteiger charge is 2.41. The number of methoxy groups -OCH3 is 2. The molecule has 1 aromatic carbocycles. The van der Waals surface area contributed by atoms with Crippen molar-refractivity contribution in [1.29, 1.82) is 0 Å². The van der Waals surface area contributed by atoms with Gasteiger partial charge < -0.3 is 14.6 Å². The SMILES string of the molecule is CCC1CCC(O)(c2c(OC)cccc2OC)C1. The maximum Gasteiger partial charge on any atom is 0.128 e. The molecule has 1 aromatic rings. The van der Waals surface area contributed by atoms with E-state index in [9.17, 15) is 5.11 Å². The van der Waals surface area contributed by atoms with E-state index in [2.05, 4.69) is 6.92 Å². The van der Waals surface area contributed by atoms with Gasteiger partial charge in [-0.1, -0.05) is 19.4 Å². The van der Waals surface area contributed by atoms with Gasteiger partial charge in [0.05, 0.1) is 25.4 Å². The van der Waals surface area contributed by atoms with Gasteiger partial charge in [-0.2, -0.15) is 0 Å². The fourth-order valence-electron chi connectivity index (χ4n) is 3.01. The Morgan fingerprint density at radius 1 is 1.28 bits per heavy atom. The van der Waals surface area contributed by atoms with Gasteiger partial charge in [0.1, 0.15) is 11.5 Å². The smallest absolute Gasteiger partial charge is 0.128 e. The molecule has 0 aliphatic heterocycles. The lowest BCUT2D eigenvalue weighted by Gasteiger charge is -2.27. The van der Waals surface area contributed by atoms with Crippen LogP contribution < -0.4 is 9.47 Å². The van der Waals surface area contributed by atoms with Gasteiger partial charge in [0.15, 0.2) is 0 Å². The highest BCUT2D eigenvalue weighted by Crippen LogP contribution is 2.49. The lowest BCUT2D eigenvalue weighted by Crippen LogP contribution is -2.23. The van der Waals surface area contributed by atoms with Gasteiger partial charge in [0.2, 0.25) is 0 Å². The lowest BCUT2D eigenvalue weighted by atomic mass is 9.89. The predicted octanol–water partition coefficient (Wildman–Crippen LogP) is 3.10. The van der Waals surface area contributed by atoms with E-state index >= 15 is 0 Å². The average Bonchev–Trinajstić information content (AvgIpc) is 2.80. The second-order valence-electron chi connectivity index (χ2n) is 5.09. The number of aliphatic hydroxyl groups is 1. The van der Waals surface area contributed by atoms with Crippen LogP contribution in [-0.4, -0.2) is 19.3 Å². The third-order valence-electron chi connectivity index (χ3n) is 4.06. The first-order chi connectivity index (χ1) is 8.64.